The van der Waals surface area contributed by atoms with Gasteiger partial charge in [-0.1, -0.05) is 48.0 Å². The minimum atomic E-state index is -0.975. The van der Waals surface area contributed by atoms with Crippen LogP contribution in [0.15, 0.2) is 72.8 Å². The van der Waals surface area contributed by atoms with Gasteiger partial charge in [0.05, 0.1) is 18.2 Å². The number of aromatic carboxylic acids is 1. The molecule has 0 aliphatic carbocycles. The fourth-order valence-corrected chi connectivity index (χ4v) is 2.88. The Morgan fingerprint density at radius 1 is 0.786 bits per heavy atom. The van der Waals surface area contributed by atoms with E-state index < -0.39 is 11.9 Å². The molecule has 28 heavy (non-hydrogen) atoms. The number of carboxylic acids is 1. The average molecular weight is 393 g/mol. The third kappa shape index (κ3) is 4.48. The number of ether oxygens (including phenoxy) is 1. The van der Waals surface area contributed by atoms with E-state index >= 15 is 0 Å². The third-order valence-electron chi connectivity index (χ3n) is 4.24. The maximum Gasteiger partial charge on any atom is 0.337 e. The number of hydrogen-bond acceptors (Lipinski definition) is 3. The third-order valence-corrected chi connectivity index (χ3v) is 4.49. The van der Waals surface area contributed by atoms with Gasteiger partial charge in [0.2, 0.25) is 0 Å². The number of hydrogen-bond donors (Lipinski definition) is 1. The molecule has 0 aromatic heterocycles. The van der Waals surface area contributed by atoms with Crippen LogP contribution in [0.5, 0.6) is 0 Å². The highest BCUT2D eigenvalue weighted by molar-refractivity contribution is 6.30. The zero-order valence-corrected chi connectivity index (χ0v) is 15.8. The van der Waals surface area contributed by atoms with Crippen LogP contribution < -0.4 is 0 Å². The van der Waals surface area contributed by atoms with Gasteiger partial charge in [-0.25, -0.2) is 9.59 Å². The first-order valence-electron chi connectivity index (χ1n) is 8.47. The average Bonchev–Trinajstić information content (AvgIpc) is 2.73. The number of carboxylic acid groups (broad SMARTS) is 1. The van der Waals surface area contributed by atoms with E-state index in [1.165, 1.54) is 7.11 Å². The lowest BCUT2D eigenvalue weighted by atomic mass is 9.94. The van der Waals surface area contributed by atoms with Crippen molar-refractivity contribution < 1.29 is 19.4 Å². The molecule has 0 aliphatic heterocycles. The Morgan fingerprint density at radius 3 is 1.71 bits per heavy atom. The summed E-state index contributed by atoms with van der Waals surface area (Å²) in [5, 5.41) is 9.77. The maximum atomic E-state index is 11.7. The van der Waals surface area contributed by atoms with E-state index in [4.69, 9.17) is 21.4 Å². The molecule has 0 atom stereocenters. The minimum absolute atomic E-state index is 0.218. The first kappa shape index (κ1) is 19.4. The highest BCUT2D eigenvalue weighted by atomic mass is 35.5. The van der Waals surface area contributed by atoms with Crippen LogP contribution in [0.2, 0.25) is 5.02 Å². The molecule has 0 unspecified atom stereocenters. The fraction of sp³-hybridized carbons (Fsp3) is 0.0435. The van der Waals surface area contributed by atoms with Crippen molar-refractivity contribution in [2.24, 2.45) is 0 Å². The Bertz CT molecular complexity index is 1020. The Morgan fingerprint density at radius 2 is 1.25 bits per heavy atom. The van der Waals surface area contributed by atoms with E-state index in [1.54, 1.807) is 48.5 Å². The number of esters is 1. The minimum Gasteiger partial charge on any atom is -0.478 e. The SMILES string of the molecule is COC(=O)c1ccc(C(=Cc2ccc(Cl)cc2)c2ccc(C(=O)O)cc2)cc1. The molecule has 5 heteroatoms. The van der Waals surface area contributed by atoms with Crippen molar-refractivity contribution in [3.05, 3.63) is 106 Å². The highest BCUT2D eigenvalue weighted by Crippen LogP contribution is 2.27. The van der Waals surface area contributed by atoms with Gasteiger partial charge in [-0.3, -0.25) is 0 Å². The number of rotatable bonds is 5. The molecule has 1 N–H and O–H groups in total. The molecule has 0 saturated carbocycles. The standard InChI is InChI=1S/C23H17ClO4/c1-28-23(27)19-10-6-17(7-11-19)21(14-15-2-12-20(24)13-3-15)16-4-8-18(9-5-16)22(25)26/h2-14H,1H3,(H,25,26). The van der Waals surface area contributed by atoms with E-state index in [-0.39, 0.29) is 5.56 Å². The molecular weight excluding hydrogens is 376 g/mol. The first-order chi connectivity index (χ1) is 13.5. The van der Waals surface area contributed by atoms with Crippen LogP contribution in [0.3, 0.4) is 0 Å². The molecule has 0 amide bonds. The lowest BCUT2D eigenvalue weighted by Crippen LogP contribution is -2.01. The topological polar surface area (TPSA) is 63.6 Å². The summed E-state index contributed by atoms with van der Waals surface area (Å²) in [6.07, 6.45) is 1.99. The van der Waals surface area contributed by atoms with Gasteiger partial charge in [-0.15, -0.1) is 0 Å². The molecule has 0 bridgehead atoms. The zero-order chi connectivity index (χ0) is 20.1. The second-order valence-corrected chi connectivity index (χ2v) is 6.50. The van der Waals surface area contributed by atoms with Crippen LogP contribution in [0.1, 0.15) is 37.4 Å². The summed E-state index contributed by atoms with van der Waals surface area (Å²) in [6, 6.07) is 21.1. The maximum absolute atomic E-state index is 11.7. The summed E-state index contributed by atoms with van der Waals surface area (Å²) in [5.41, 5.74) is 4.24. The largest absolute Gasteiger partial charge is 0.478 e. The van der Waals surface area contributed by atoms with Crippen molar-refractivity contribution in [3.63, 3.8) is 0 Å². The Balaban J connectivity index is 2.07. The van der Waals surface area contributed by atoms with E-state index in [0.717, 1.165) is 22.3 Å². The van der Waals surface area contributed by atoms with Gasteiger partial charge in [0, 0.05) is 5.02 Å². The molecule has 0 aliphatic rings. The predicted molar refractivity (Wildman–Crippen MR) is 110 cm³/mol. The zero-order valence-electron chi connectivity index (χ0n) is 15.1. The first-order valence-corrected chi connectivity index (χ1v) is 8.85. The van der Waals surface area contributed by atoms with Crippen LogP contribution in [-0.4, -0.2) is 24.2 Å². The second-order valence-electron chi connectivity index (χ2n) is 6.06. The Labute approximate surface area is 167 Å². The van der Waals surface area contributed by atoms with Crippen LogP contribution in [-0.2, 0) is 4.74 Å². The van der Waals surface area contributed by atoms with E-state index in [2.05, 4.69) is 0 Å². The summed E-state index contributed by atoms with van der Waals surface area (Å²) >= 11 is 5.97. The van der Waals surface area contributed by atoms with Crippen LogP contribution in [0, 0.1) is 0 Å². The van der Waals surface area contributed by atoms with Crippen molar-refractivity contribution in [1.29, 1.82) is 0 Å². The van der Waals surface area contributed by atoms with Gasteiger partial charge in [-0.05, 0) is 64.7 Å². The predicted octanol–water partition coefficient (Wildman–Crippen LogP) is 5.41. The van der Waals surface area contributed by atoms with E-state index in [0.29, 0.717) is 10.6 Å². The number of carbonyl (C=O) groups is 2. The Kier molecular flexibility index (Phi) is 5.92. The smallest absolute Gasteiger partial charge is 0.337 e. The van der Waals surface area contributed by atoms with Gasteiger partial charge in [-0.2, -0.15) is 0 Å². The quantitative estimate of drug-likeness (QED) is 0.465. The van der Waals surface area contributed by atoms with E-state index in [1.807, 2.05) is 30.3 Å². The van der Waals surface area contributed by atoms with Gasteiger partial charge in [0.25, 0.3) is 0 Å². The lowest BCUT2D eigenvalue weighted by Gasteiger charge is -2.11. The molecule has 3 aromatic rings. The molecule has 0 fully saturated rings. The fourth-order valence-electron chi connectivity index (χ4n) is 2.76. The second kappa shape index (κ2) is 8.55. The Hall–Kier alpha value is -3.37. The lowest BCUT2D eigenvalue weighted by molar-refractivity contribution is 0.0599. The molecule has 3 aromatic carbocycles. The molecular formula is C23H17ClO4. The molecule has 0 saturated heterocycles. The van der Waals surface area contributed by atoms with Crippen molar-refractivity contribution in [2.75, 3.05) is 7.11 Å². The van der Waals surface area contributed by atoms with Gasteiger partial charge < -0.3 is 9.84 Å². The summed E-state index contributed by atoms with van der Waals surface area (Å²) in [5.74, 6) is -1.38. The molecule has 140 valence electrons. The summed E-state index contributed by atoms with van der Waals surface area (Å²) in [7, 11) is 1.34. The van der Waals surface area contributed by atoms with Crippen molar-refractivity contribution in [3.8, 4) is 0 Å². The summed E-state index contributed by atoms with van der Waals surface area (Å²) in [6.45, 7) is 0. The van der Waals surface area contributed by atoms with Crippen molar-refractivity contribution >= 4 is 35.2 Å². The van der Waals surface area contributed by atoms with E-state index in [9.17, 15) is 9.59 Å². The van der Waals surface area contributed by atoms with Crippen molar-refractivity contribution in [1.82, 2.24) is 0 Å². The van der Waals surface area contributed by atoms with Crippen LogP contribution in [0.4, 0.5) is 0 Å². The number of carbonyl (C=O) groups excluding carboxylic acids is 1. The normalized spacial score (nSPS) is 11.1. The molecule has 4 nitrogen and oxygen atoms in total. The number of methoxy groups -OCH3 is 1. The van der Waals surface area contributed by atoms with Crippen LogP contribution >= 0.6 is 11.6 Å². The highest BCUT2D eigenvalue weighted by Gasteiger charge is 2.10. The van der Waals surface area contributed by atoms with Crippen molar-refractivity contribution in [2.45, 2.75) is 0 Å². The molecule has 0 radical (unpaired) electrons. The van der Waals surface area contributed by atoms with Gasteiger partial charge >= 0.3 is 11.9 Å². The number of benzene rings is 3. The molecule has 0 spiro atoms. The summed E-state index contributed by atoms with van der Waals surface area (Å²) in [4.78, 5) is 22.8. The molecule has 3 rings (SSSR count). The summed E-state index contributed by atoms with van der Waals surface area (Å²) < 4.78 is 4.74. The monoisotopic (exact) mass is 392 g/mol. The van der Waals surface area contributed by atoms with Gasteiger partial charge in [0.15, 0.2) is 0 Å². The van der Waals surface area contributed by atoms with Gasteiger partial charge in [0.1, 0.15) is 0 Å². The van der Waals surface area contributed by atoms with Crippen LogP contribution in [0.25, 0.3) is 11.6 Å². The number of halogens is 1. The molecule has 0 heterocycles.